The maximum Gasteiger partial charge on any atom is 0.416 e. The predicted octanol–water partition coefficient (Wildman–Crippen LogP) is 3.54. The van der Waals surface area contributed by atoms with Crippen LogP contribution >= 0.6 is 0 Å². The van der Waals surface area contributed by atoms with Crippen molar-refractivity contribution in [1.82, 2.24) is 4.72 Å². The number of sulfonamides is 1. The number of aliphatic hydroxyl groups excluding tert-OH is 1. The number of alkyl halides is 3. The molecule has 1 unspecified atom stereocenters. The first-order valence-corrected chi connectivity index (χ1v) is 9.55. The first kappa shape index (κ1) is 20.4. The Hall–Kier alpha value is -1.90. The van der Waals surface area contributed by atoms with E-state index in [0.717, 1.165) is 29.8 Å². The highest BCUT2D eigenvalue weighted by atomic mass is 32.2. The molecule has 0 fully saturated rings. The summed E-state index contributed by atoms with van der Waals surface area (Å²) in [4.78, 5) is -0.219. The van der Waals surface area contributed by atoms with Crippen molar-refractivity contribution in [2.45, 2.75) is 29.8 Å². The average Bonchev–Trinajstić information content (AvgIpc) is 2.61. The fourth-order valence-electron chi connectivity index (χ4n) is 2.63. The molecular formula is C18H20F3NO3S. The van der Waals surface area contributed by atoms with E-state index in [1.165, 1.54) is 0 Å². The lowest BCUT2D eigenvalue weighted by Gasteiger charge is -2.17. The normalized spacial score (nSPS) is 13.5. The van der Waals surface area contributed by atoms with Crippen LogP contribution in [0.25, 0.3) is 0 Å². The highest BCUT2D eigenvalue weighted by Gasteiger charge is 2.30. The van der Waals surface area contributed by atoms with E-state index in [2.05, 4.69) is 4.72 Å². The Labute approximate surface area is 150 Å². The van der Waals surface area contributed by atoms with Crippen LogP contribution in [0.15, 0.2) is 59.5 Å². The smallest absolute Gasteiger partial charge is 0.396 e. The minimum atomic E-state index is -4.51. The van der Waals surface area contributed by atoms with Crippen LogP contribution in [-0.4, -0.2) is 26.7 Å². The topological polar surface area (TPSA) is 66.4 Å². The average molecular weight is 387 g/mol. The van der Waals surface area contributed by atoms with Gasteiger partial charge in [-0.15, -0.1) is 0 Å². The van der Waals surface area contributed by atoms with Gasteiger partial charge in [0.25, 0.3) is 0 Å². The lowest BCUT2D eigenvalue weighted by molar-refractivity contribution is -0.137. The van der Waals surface area contributed by atoms with Crippen LogP contribution in [0.3, 0.4) is 0 Å². The van der Waals surface area contributed by atoms with Gasteiger partial charge in [0.05, 0.1) is 10.5 Å². The molecule has 0 saturated heterocycles. The van der Waals surface area contributed by atoms with Crippen LogP contribution in [0.5, 0.6) is 0 Å². The van der Waals surface area contributed by atoms with Crippen molar-refractivity contribution in [3.05, 3.63) is 65.7 Å². The molecular weight excluding hydrogens is 367 g/mol. The Morgan fingerprint density at radius 3 is 2.12 bits per heavy atom. The summed E-state index contributed by atoms with van der Waals surface area (Å²) in [6, 6.07) is 12.8. The third-order valence-electron chi connectivity index (χ3n) is 4.03. The van der Waals surface area contributed by atoms with E-state index in [4.69, 9.17) is 0 Å². The molecule has 0 radical (unpaired) electrons. The Balaban J connectivity index is 2.00. The summed E-state index contributed by atoms with van der Waals surface area (Å²) < 4.78 is 64.5. The summed E-state index contributed by atoms with van der Waals surface area (Å²) in [5.41, 5.74) is 0.0961. The second kappa shape index (κ2) is 8.66. The van der Waals surface area contributed by atoms with E-state index in [1.807, 2.05) is 30.3 Å². The van der Waals surface area contributed by atoms with Crippen LogP contribution in [0.1, 0.15) is 29.9 Å². The molecule has 8 heteroatoms. The van der Waals surface area contributed by atoms with Gasteiger partial charge in [-0.05, 0) is 48.6 Å². The summed E-state index contributed by atoms with van der Waals surface area (Å²) in [5, 5.41) is 9.20. The number of nitrogens with one attached hydrogen (secondary N) is 1. The molecule has 0 bridgehead atoms. The first-order valence-electron chi connectivity index (χ1n) is 8.07. The fraction of sp³-hybridized carbons (Fsp3) is 0.333. The molecule has 2 N–H and O–H groups in total. The zero-order chi connectivity index (χ0) is 19.2. The third kappa shape index (κ3) is 5.55. The van der Waals surface area contributed by atoms with Crippen molar-refractivity contribution in [2.75, 3.05) is 13.2 Å². The molecule has 0 saturated carbocycles. The maximum atomic E-state index is 12.6. The monoisotopic (exact) mass is 387 g/mol. The summed E-state index contributed by atoms with van der Waals surface area (Å²) in [6.07, 6.45) is -3.56. The van der Waals surface area contributed by atoms with Crippen molar-refractivity contribution in [2.24, 2.45) is 0 Å². The molecule has 0 aliphatic heterocycles. The molecule has 0 aliphatic rings. The Kier molecular flexibility index (Phi) is 6.80. The standard InChI is InChI=1S/C18H20F3NO3S/c19-18(20,21)16-6-8-17(9-7-16)26(24,25)22-12-10-15(11-13-23)14-4-2-1-3-5-14/h1-9,15,22-23H,10-13H2. The van der Waals surface area contributed by atoms with E-state index in [0.29, 0.717) is 12.8 Å². The molecule has 0 aliphatic carbocycles. The van der Waals surface area contributed by atoms with Gasteiger partial charge in [0, 0.05) is 13.2 Å². The number of aliphatic hydroxyl groups is 1. The lowest BCUT2D eigenvalue weighted by Crippen LogP contribution is -2.26. The van der Waals surface area contributed by atoms with E-state index in [9.17, 15) is 26.7 Å². The SMILES string of the molecule is O=S(=O)(NCCC(CCO)c1ccccc1)c1ccc(C(F)(F)F)cc1. The highest BCUT2D eigenvalue weighted by molar-refractivity contribution is 7.89. The largest absolute Gasteiger partial charge is 0.416 e. The molecule has 1 atom stereocenters. The van der Waals surface area contributed by atoms with Gasteiger partial charge in [-0.3, -0.25) is 0 Å². The number of rotatable bonds is 8. The minimum absolute atomic E-state index is 0.0171. The van der Waals surface area contributed by atoms with E-state index >= 15 is 0 Å². The van der Waals surface area contributed by atoms with Crippen molar-refractivity contribution in [1.29, 1.82) is 0 Å². The Bertz CT molecular complexity index is 791. The van der Waals surface area contributed by atoms with Crippen LogP contribution in [0.4, 0.5) is 13.2 Å². The van der Waals surface area contributed by atoms with Gasteiger partial charge in [-0.25, -0.2) is 13.1 Å². The molecule has 0 heterocycles. The predicted molar refractivity (Wildman–Crippen MR) is 92.1 cm³/mol. The molecule has 0 amide bonds. The summed E-state index contributed by atoms with van der Waals surface area (Å²) in [7, 11) is -3.90. The van der Waals surface area contributed by atoms with E-state index < -0.39 is 21.8 Å². The van der Waals surface area contributed by atoms with E-state index in [1.54, 1.807) is 0 Å². The molecule has 142 valence electrons. The van der Waals surface area contributed by atoms with Gasteiger partial charge in [-0.2, -0.15) is 13.2 Å². The highest BCUT2D eigenvalue weighted by Crippen LogP contribution is 2.29. The van der Waals surface area contributed by atoms with Gasteiger partial charge in [0.15, 0.2) is 0 Å². The quantitative estimate of drug-likeness (QED) is 0.728. The number of benzene rings is 2. The Morgan fingerprint density at radius 1 is 0.962 bits per heavy atom. The van der Waals surface area contributed by atoms with Gasteiger partial charge >= 0.3 is 6.18 Å². The molecule has 2 aromatic rings. The lowest BCUT2D eigenvalue weighted by atomic mass is 9.93. The van der Waals surface area contributed by atoms with E-state index in [-0.39, 0.29) is 24.0 Å². The third-order valence-corrected chi connectivity index (χ3v) is 5.50. The van der Waals surface area contributed by atoms with Crippen LogP contribution in [0.2, 0.25) is 0 Å². The van der Waals surface area contributed by atoms with Crippen molar-refractivity contribution in [3.8, 4) is 0 Å². The van der Waals surface area contributed by atoms with Crippen LogP contribution < -0.4 is 4.72 Å². The van der Waals surface area contributed by atoms with Gasteiger partial charge in [0.2, 0.25) is 10.0 Å². The molecule has 2 aromatic carbocycles. The van der Waals surface area contributed by atoms with Crippen LogP contribution in [-0.2, 0) is 16.2 Å². The van der Waals surface area contributed by atoms with Crippen molar-refractivity contribution in [3.63, 3.8) is 0 Å². The zero-order valence-corrected chi connectivity index (χ0v) is 14.7. The molecule has 0 aromatic heterocycles. The number of hydrogen-bond donors (Lipinski definition) is 2. The maximum absolute atomic E-state index is 12.6. The molecule has 2 rings (SSSR count). The van der Waals surface area contributed by atoms with Crippen molar-refractivity contribution >= 4 is 10.0 Å². The summed E-state index contributed by atoms with van der Waals surface area (Å²) in [6.45, 7) is 0.0914. The second-order valence-corrected chi connectivity index (χ2v) is 7.60. The first-order chi connectivity index (χ1) is 12.2. The Morgan fingerprint density at radius 2 is 1.58 bits per heavy atom. The van der Waals surface area contributed by atoms with Gasteiger partial charge in [0.1, 0.15) is 0 Å². The summed E-state index contributed by atoms with van der Waals surface area (Å²) in [5.74, 6) is -0.0171. The van der Waals surface area contributed by atoms with Crippen molar-refractivity contribution < 1.29 is 26.7 Å². The number of halogens is 3. The molecule has 26 heavy (non-hydrogen) atoms. The molecule has 0 spiro atoms. The van der Waals surface area contributed by atoms with Gasteiger partial charge < -0.3 is 5.11 Å². The fourth-order valence-corrected chi connectivity index (χ4v) is 3.68. The number of hydrogen-bond acceptors (Lipinski definition) is 3. The van der Waals surface area contributed by atoms with Crippen LogP contribution in [0, 0.1) is 0 Å². The second-order valence-electron chi connectivity index (χ2n) is 5.83. The molecule has 4 nitrogen and oxygen atoms in total. The van der Waals surface area contributed by atoms with Gasteiger partial charge in [-0.1, -0.05) is 30.3 Å². The summed E-state index contributed by atoms with van der Waals surface area (Å²) >= 11 is 0. The minimum Gasteiger partial charge on any atom is -0.396 e. The zero-order valence-electron chi connectivity index (χ0n) is 13.9.